The average Bonchev–Trinajstić information content (AvgIpc) is 2.57. The molecular formula is C18H26N2O2. The van der Waals surface area contributed by atoms with Gasteiger partial charge in [-0.05, 0) is 57.3 Å². The van der Waals surface area contributed by atoms with Gasteiger partial charge in [0.1, 0.15) is 0 Å². The van der Waals surface area contributed by atoms with Crippen LogP contribution in [0.4, 0.5) is 5.69 Å². The van der Waals surface area contributed by atoms with Crippen LogP contribution in [0.15, 0.2) is 30.3 Å². The number of ether oxygens (including phenoxy) is 1. The molecule has 3 rings (SSSR count). The summed E-state index contributed by atoms with van der Waals surface area (Å²) in [5, 5.41) is 3.03. The van der Waals surface area contributed by atoms with E-state index < -0.39 is 0 Å². The lowest BCUT2D eigenvalue weighted by Gasteiger charge is -2.34. The maximum Gasteiger partial charge on any atom is 0.227 e. The van der Waals surface area contributed by atoms with Gasteiger partial charge in [-0.1, -0.05) is 18.2 Å². The summed E-state index contributed by atoms with van der Waals surface area (Å²) >= 11 is 0. The third-order valence-electron chi connectivity index (χ3n) is 4.74. The monoisotopic (exact) mass is 302 g/mol. The van der Waals surface area contributed by atoms with Crippen LogP contribution >= 0.6 is 0 Å². The van der Waals surface area contributed by atoms with E-state index in [4.69, 9.17) is 4.74 Å². The van der Waals surface area contributed by atoms with Crippen LogP contribution in [0, 0.1) is 5.92 Å². The third-order valence-corrected chi connectivity index (χ3v) is 4.74. The van der Waals surface area contributed by atoms with Gasteiger partial charge in [-0.3, -0.25) is 4.79 Å². The predicted octanol–water partition coefficient (Wildman–Crippen LogP) is 2.91. The number of carbonyl (C=O) groups excluding carboxylic acids is 1. The molecule has 120 valence electrons. The van der Waals surface area contributed by atoms with Crippen LogP contribution in [0.3, 0.4) is 0 Å². The zero-order valence-corrected chi connectivity index (χ0v) is 13.2. The van der Waals surface area contributed by atoms with Crippen molar-refractivity contribution in [2.24, 2.45) is 5.92 Å². The van der Waals surface area contributed by atoms with Crippen LogP contribution < -0.4 is 5.32 Å². The van der Waals surface area contributed by atoms with Crippen LogP contribution in [0.5, 0.6) is 0 Å². The molecule has 0 aromatic heterocycles. The maximum absolute atomic E-state index is 12.3. The highest BCUT2D eigenvalue weighted by Crippen LogP contribution is 2.21. The van der Waals surface area contributed by atoms with E-state index in [9.17, 15) is 4.79 Å². The Morgan fingerprint density at radius 1 is 1.14 bits per heavy atom. The summed E-state index contributed by atoms with van der Waals surface area (Å²) in [6.45, 7) is 3.97. The first-order valence-corrected chi connectivity index (χ1v) is 8.51. The Bertz CT molecular complexity index is 463. The highest BCUT2D eigenvalue weighted by molar-refractivity contribution is 5.92. The van der Waals surface area contributed by atoms with Gasteiger partial charge >= 0.3 is 0 Å². The van der Waals surface area contributed by atoms with Crippen molar-refractivity contribution in [2.45, 2.75) is 38.2 Å². The number of rotatable bonds is 4. The number of nitrogens with one attached hydrogen (secondary N) is 1. The lowest BCUT2D eigenvalue weighted by atomic mass is 9.95. The summed E-state index contributed by atoms with van der Waals surface area (Å²) in [6, 6.07) is 9.73. The van der Waals surface area contributed by atoms with E-state index in [1.807, 2.05) is 30.3 Å². The number of hydrogen-bond donors (Lipinski definition) is 1. The molecule has 4 nitrogen and oxygen atoms in total. The molecule has 4 heteroatoms. The van der Waals surface area contributed by atoms with Gasteiger partial charge < -0.3 is 15.0 Å². The van der Waals surface area contributed by atoms with Crippen LogP contribution in [-0.2, 0) is 9.53 Å². The van der Waals surface area contributed by atoms with Crippen LogP contribution in [-0.4, -0.2) is 43.2 Å². The van der Waals surface area contributed by atoms with E-state index in [0.29, 0.717) is 6.10 Å². The number of amides is 1. The molecule has 0 saturated carbocycles. The number of likely N-dealkylation sites (tertiary alicyclic amines) is 1. The Hall–Kier alpha value is -1.39. The molecule has 0 aliphatic carbocycles. The van der Waals surface area contributed by atoms with Gasteiger partial charge in [-0.25, -0.2) is 0 Å². The average molecular weight is 302 g/mol. The maximum atomic E-state index is 12.3. The summed E-state index contributed by atoms with van der Waals surface area (Å²) in [6.07, 6.45) is 5.99. The van der Waals surface area contributed by atoms with Gasteiger partial charge in [0.05, 0.1) is 6.10 Å². The number of benzene rings is 1. The van der Waals surface area contributed by atoms with Crippen molar-refractivity contribution in [3.63, 3.8) is 0 Å². The van der Waals surface area contributed by atoms with Crippen molar-refractivity contribution in [1.82, 2.24) is 4.90 Å². The molecule has 0 bridgehead atoms. The molecule has 1 N–H and O–H groups in total. The first-order valence-electron chi connectivity index (χ1n) is 8.51. The minimum Gasteiger partial charge on any atom is -0.377 e. The molecule has 1 aromatic rings. The fourth-order valence-electron chi connectivity index (χ4n) is 3.38. The largest absolute Gasteiger partial charge is 0.377 e. The SMILES string of the molecule is O=C(Nc1ccccc1)C1CCN(C[C@H]2CCCCO2)CC1. The second-order valence-corrected chi connectivity index (χ2v) is 6.42. The highest BCUT2D eigenvalue weighted by atomic mass is 16.5. The summed E-state index contributed by atoms with van der Waals surface area (Å²) in [7, 11) is 0. The molecule has 1 aromatic carbocycles. The standard InChI is InChI=1S/C18H26N2O2/c21-18(19-16-6-2-1-3-7-16)15-9-11-20(12-10-15)14-17-8-4-5-13-22-17/h1-3,6-7,15,17H,4-5,8-14H2,(H,19,21)/t17-/m1/s1. The molecule has 2 saturated heterocycles. The van der Waals surface area contributed by atoms with E-state index in [1.165, 1.54) is 19.3 Å². The minimum absolute atomic E-state index is 0.142. The number of para-hydroxylation sites is 1. The normalized spacial score (nSPS) is 24.1. The number of piperidine rings is 1. The predicted molar refractivity (Wildman–Crippen MR) is 87.8 cm³/mol. The summed E-state index contributed by atoms with van der Waals surface area (Å²) in [4.78, 5) is 14.8. The molecule has 0 unspecified atom stereocenters. The lowest BCUT2D eigenvalue weighted by Crippen LogP contribution is -2.42. The van der Waals surface area contributed by atoms with Gasteiger partial charge in [0.2, 0.25) is 5.91 Å². The minimum atomic E-state index is 0.142. The van der Waals surface area contributed by atoms with Crippen molar-refractivity contribution in [3.8, 4) is 0 Å². The zero-order chi connectivity index (χ0) is 15.2. The van der Waals surface area contributed by atoms with Crippen molar-refractivity contribution in [3.05, 3.63) is 30.3 Å². The van der Waals surface area contributed by atoms with Crippen LogP contribution in [0.25, 0.3) is 0 Å². The Balaban J connectivity index is 1.42. The quantitative estimate of drug-likeness (QED) is 0.930. The Morgan fingerprint density at radius 3 is 2.59 bits per heavy atom. The van der Waals surface area contributed by atoms with Crippen LogP contribution in [0.2, 0.25) is 0 Å². The summed E-state index contributed by atoms with van der Waals surface area (Å²) in [5.41, 5.74) is 0.894. The zero-order valence-electron chi connectivity index (χ0n) is 13.2. The molecule has 2 aliphatic rings. The van der Waals surface area contributed by atoms with Crippen molar-refractivity contribution >= 4 is 11.6 Å². The molecule has 0 spiro atoms. The Morgan fingerprint density at radius 2 is 1.91 bits per heavy atom. The Kier molecular flexibility index (Phi) is 5.46. The molecule has 0 radical (unpaired) electrons. The van der Waals surface area contributed by atoms with Gasteiger partial charge in [-0.15, -0.1) is 0 Å². The number of carbonyl (C=O) groups is 1. The van der Waals surface area contributed by atoms with Crippen molar-refractivity contribution < 1.29 is 9.53 Å². The highest BCUT2D eigenvalue weighted by Gasteiger charge is 2.27. The molecule has 2 fully saturated rings. The van der Waals surface area contributed by atoms with E-state index in [-0.39, 0.29) is 11.8 Å². The second-order valence-electron chi connectivity index (χ2n) is 6.42. The summed E-state index contributed by atoms with van der Waals surface area (Å²) in [5.74, 6) is 0.309. The second kappa shape index (κ2) is 7.75. The molecule has 2 aliphatic heterocycles. The van der Waals surface area contributed by atoms with Crippen LogP contribution in [0.1, 0.15) is 32.1 Å². The molecule has 22 heavy (non-hydrogen) atoms. The number of hydrogen-bond acceptors (Lipinski definition) is 3. The lowest BCUT2D eigenvalue weighted by molar-refractivity contribution is -0.121. The fourth-order valence-corrected chi connectivity index (χ4v) is 3.38. The van der Waals surface area contributed by atoms with E-state index in [1.54, 1.807) is 0 Å². The third kappa shape index (κ3) is 4.31. The topological polar surface area (TPSA) is 41.6 Å². The molecule has 2 heterocycles. The number of nitrogens with zero attached hydrogens (tertiary/aromatic N) is 1. The smallest absolute Gasteiger partial charge is 0.227 e. The van der Waals surface area contributed by atoms with Crippen molar-refractivity contribution in [2.75, 3.05) is 31.6 Å². The van der Waals surface area contributed by atoms with E-state index in [2.05, 4.69) is 10.2 Å². The fraction of sp³-hybridized carbons (Fsp3) is 0.611. The van der Waals surface area contributed by atoms with E-state index in [0.717, 1.165) is 44.8 Å². The summed E-state index contributed by atoms with van der Waals surface area (Å²) < 4.78 is 5.81. The van der Waals surface area contributed by atoms with Crippen molar-refractivity contribution in [1.29, 1.82) is 0 Å². The van der Waals surface area contributed by atoms with Gasteiger partial charge in [0.15, 0.2) is 0 Å². The number of anilines is 1. The van der Waals surface area contributed by atoms with Gasteiger partial charge in [0.25, 0.3) is 0 Å². The van der Waals surface area contributed by atoms with Gasteiger partial charge in [0, 0.05) is 24.8 Å². The Labute approximate surface area is 132 Å². The molecule has 1 atom stereocenters. The first-order chi connectivity index (χ1) is 10.8. The molecular weight excluding hydrogens is 276 g/mol. The van der Waals surface area contributed by atoms with E-state index >= 15 is 0 Å². The molecule has 1 amide bonds. The van der Waals surface area contributed by atoms with Gasteiger partial charge in [-0.2, -0.15) is 0 Å². The first kappa shape index (κ1) is 15.5.